The van der Waals surface area contributed by atoms with Gasteiger partial charge in [-0.2, -0.15) is 5.10 Å². The molecule has 2 aromatic carbocycles. The average molecular weight is 427 g/mol. The van der Waals surface area contributed by atoms with E-state index in [2.05, 4.69) is 10.2 Å². The number of nitrogens with one attached hydrogen (secondary N) is 1. The molecule has 0 bridgehead atoms. The highest BCUT2D eigenvalue weighted by atomic mass is 35.5. The van der Waals surface area contributed by atoms with Crippen LogP contribution in [0.1, 0.15) is 21.6 Å². The van der Waals surface area contributed by atoms with Gasteiger partial charge in [0.1, 0.15) is 6.61 Å². The van der Waals surface area contributed by atoms with Gasteiger partial charge in [0.05, 0.1) is 11.2 Å². The summed E-state index contributed by atoms with van der Waals surface area (Å²) in [5.41, 5.74) is 3.46. The Morgan fingerprint density at radius 1 is 0.967 bits per heavy atom. The van der Waals surface area contributed by atoms with Gasteiger partial charge < -0.3 is 14.9 Å². The van der Waals surface area contributed by atoms with Crippen molar-refractivity contribution in [2.24, 2.45) is 0 Å². The molecule has 156 valence electrons. The van der Waals surface area contributed by atoms with E-state index in [1.165, 1.54) is 0 Å². The zero-order valence-corrected chi connectivity index (χ0v) is 17.1. The SMILES string of the molecule is Cl.O=C(CO)N1CCN(C(=O)c2ccc(/C=C/c3n[nH]c4ccccc34)cc2)CC1. The summed E-state index contributed by atoms with van der Waals surface area (Å²) in [5, 5.41) is 17.3. The van der Waals surface area contributed by atoms with E-state index in [0.717, 1.165) is 22.2 Å². The number of benzene rings is 2. The van der Waals surface area contributed by atoms with Gasteiger partial charge in [-0.3, -0.25) is 14.7 Å². The second-order valence-electron chi connectivity index (χ2n) is 6.94. The first kappa shape index (κ1) is 21.5. The first-order valence-electron chi connectivity index (χ1n) is 9.55. The molecule has 2 heterocycles. The number of para-hydroxylation sites is 1. The number of piperazine rings is 1. The summed E-state index contributed by atoms with van der Waals surface area (Å²) in [5.74, 6) is -0.340. The van der Waals surface area contributed by atoms with E-state index in [1.807, 2.05) is 60.7 Å². The lowest BCUT2D eigenvalue weighted by Gasteiger charge is -2.34. The van der Waals surface area contributed by atoms with Crippen molar-refractivity contribution < 1.29 is 14.7 Å². The van der Waals surface area contributed by atoms with Crippen molar-refractivity contribution in [2.45, 2.75) is 0 Å². The van der Waals surface area contributed by atoms with Crippen molar-refractivity contribution in [1.29, 1.82) is 0 Å². The van der Waals surface area contributed by atoms with E-state index in [9.17, 15) is 9.59 Å². The minimum atomic E-state index is -0.489. The predicted octanol–water partition coefficient (Wildman–Crippen LogP) is 2.43. The number of carbonyl (C=O) groups excluding carboxylic acids is 2. The second-order valence-corrected chi connectivity index (χ2v) is 6.94. The fraction of sp³-hybridized carbons (Fsp3) is 0.227. The lowest BCUT2D eigenvalue weighted by molar-refractivity contribution is -0.135. The fourth-order valence-corrected chi connectivity index (χ4v) is 3.47. The van der Waals surface area contributed by atoms with E-state index in [0.29, 0.717) is 31.7 Å². The number of amides is 2. The molecule has 0 spiro atoms. The van der Waals surface area contributed by atoms with E-state index >= 15 is 0 Å². The molecule has 2 amide bonds. The van der Waals surface area contributed by atoms with Gasteiger partial charge in [0.15, 0.2) is 0 Å². The smallest absolute Gasteiger partial charge is 0.253 e. The number of hydrogen-bond acceptors (Lipinski definition) is 4. The Labute approximate surface area is 180 Å². The molecule has 0 unspecified atom stereocenters. The van der Waals surface area contributed by atoms with Crippen molar-refractivity contribution in [2.75, 3.05) is 32.8 Å². The van der Waals surface area contributed by atoms with E-state index in [-0.39, 0.29) is 24.2 Å². The largest absolute Gasteiger partial charge is 0.387 e. The first-order chi connectivity index (χ1) is 14.2. The van der Waals surface area contributed by atoms with Crippen LogP contribution in [-0.2, 0) is 4.79 Å². The highest BCUT2D eigenvalue weighted by Crippen LogP contribution is 2.18. The fourth-order valence-electron chi connectivity index (χ4n) is 3.47. The van der Waals surface area contributed by atoms with Crippen molar-refractivity contribution in [3.05, 3.63) is 65.4 Å². The number of aliphatic hydroxyl groups is 1. The van der Waals surface area contributed by atoms with Crippen LogP contribution in [0.4, 0.5) is 0 Å². The standard InChI is InChI=1S/C22H22N4O3.ClH/c27-15-21(28)25-11-13-26(14-12-25)22(29)17-8-5-16(6-9-17)7-10-20-18-3-1-2-4-19(18)23-24-20;/h1-10,27H,11-15H2,(H,23,24);1H/b10-7+;. The van der Waals surface area contributed by atoms with Crippen LogP contribution < -0.4 is 0 Å². The molecule has 1 fully saturated rings. The van der Waals surface area contributed by atoms with Crippen LogP contribution >= 0.6 is 12.4 Å². The van der Waals surface area contributed by atoms with Gasteiger partial charge in [-0.15, -0.1) is 12.4 Å². The molecule has 0 saturated carbocycles. The zero-order valence-electron chi connectivity index (χ0n) is 16.3. The van der Waals surface area contributed by atoms with Crippen LogP contribution in [0.25, 0.3) is 23.1 Å². The molecule has 1 saturated heterocycles. The lowest BCUT2D eigenvalue weighted by Crippen LogP contribution is -2.51. The molecule has 4 rings (SSSR count). The second kappa shape index (κ2) is 9.56. The van der Waals surface area contributed by atoms with Crippen LogP contribution in [0.5, 0.6) is 0 Å². The average Bonchev–Trinajstić information content (AvgIpc) is 3.20. The Morgan fingerprint density at radius 3 is 2.33 bits per heavy atom. The maximum Gasteiger partial charge on any atom is 0.253 e. The predicted molar refractivity (Wildman–Crippen MR) is 118 cm³/mol. The third-order valence-corrected chi connectivity index (χ3v) is 5.15. The van der Waals surface area contributed by atoms with Crippen LogP contribution in [0.15, 0.2) is 48.5 Å². The number of fused-ring (bicyclic) bond motifs is 1. The molecule has 2 N–H and O–H groups in total. The molecule has 1 aliphatic heterocycles. The molecule has 0 atom stereocenters. The van der Waals surface area contributed by atoms with Gasteiger partial charge in [-0.25, -0.2) is 0 Å². The number of aromatic nitrogens is 2. The number of carbonyl (C=O) groups is 2. The minimum Gasteiger partial charge on any atom is -0.387 e. The molecule has 0 aliphatic carbocycles. The summed E-state index contributed by atoms with van der Waals surface area (Å²) in [6.45, 7) is 1.35. The van der Waals surface area contributed by atoms with Crippen LogP contribution in [-0.4, -0.2) is 69.7 Å². The number of hydrogen-bond donors (Lipinski definition) is 2. The lowest BCUT2D eigenvalue weighted by atomic mass is 10.1. The number of halogens is 1. The molecule has 1 aromatic heterocycles. The van der Waals surface area contributed by atoms with Crippen molar-refractivity contribution in [1.82, 2.24) is 20.0 Å². The third kappa shape index (κ3) is 4.53. The molecule has 3 aromatic rings. The van der Waals surface area contributed by atoms with Crippen molar-refractivity contribution in [3.63, 3.8) is 0 Å². The normalized spacial score (nSPS) is 14.2. The maximum absolute atomic E-state index is 12.7. The number of H-pyrrole nitrogens is 1. The molecule has 30 heavy (non-hydrogen) atoms. The highest BCUT2D eigenvalue weighted by Gasteiger charge is 2.24. The minimum absolute atomic E-state index is 0. The summed E-state index contributed by atoms with van der Waals surface area (Å²) in [6.07, 6.45) is 3.92. The van der Waals surface area contributed by atoms with Crippen molar-refractivity contribution >= 4 is 47.3 Å². The van der Waals surface area contributed by atoms with E-state index in [1.54, 1.807) is 9.80 Å². The third-order valence-electron chi connectivity index (χ3n) is 5.15. The van der Waals surface area contributed by atoms with Gasteiger partial charge in [-0.05, 0) is 29.8 Å². The zero-order chi connectivity index (χ0) is 20.2. The van der Waals surface area contributed by atoms with Gasteiger partial charge >= 0.3 is 0 Å². The number of rotatable bonds is 4. The maximum atomic E-state index is 12.7. The monoisotopic (exact) mass is 426 g/mol. The molecule has 1 aliphatic rings. The Hall–Kier alpha value is -3.16. The van der Waals surface area contributed by atoms with Crippen molar-refractivity contribution in [3.8, 4) is 0 Å². The van der Waals surface area contributed by atoms with Gasteiger partial charge in [0, 0.05) is 37.1 Å². The summed E-state index contributed by atoms with van der Waals surface area (Å²) in [6, 6.07) is 15.4. The molecular weight excluding hydrogens is 404 g/mol. The molecular formula is C22H23ClN4O3. The Morgan fingerprint density at radius 2 is 1.63 bits per heavy atom. The van der Waals surface area contributed by atoms with E-state index in [4.69, 9.17) is 5.11 Å². The van der Waals surface area contributed by atoms with Crippen LogP contribution in [0.2, 0.25) is 0 Å². The summed E-state index contributed by atoms with van der Waals surface area (Å²) < 4.78 is 0. The quantitative estimate of drug-likeness (QED) is 0.670. The van der Waals surface area contributed by atoms with E-state index < -0.39 is 6.61 Å². The highest BCUT2D eigenvalue weighted by molar-refractivity contribution is 5.95. The molecule has 8 heteroatoms. The number of aliphatic hydroxyl groups excluding tert-OH is 1. The van der Waals surface area contributed by atoms with Crippen LogP contribution in [0, 0.1) is 0 Å². The number of nitrogens with zero attached hydrogens (tertiary/aromatic N) is 3. The summed E-state index contributed by atoms with van der Waals surface area (Å²) in [7, 11) is 0. The van der Waals surface area contributed by atoms with Crippen LogP contribution in [0.3, 0.4) is 0 Å². The van der Waals surface area contributed by atoms with Gasteiger partial charge in [-0.1, -0.05) is 36.4 Å². The summed E-state index contributed by atoms with van der Waals surface area (Å²) >= 11 is 0. The topological polar surface area (TPSA) is 89.5 Å². The number of aromatic amines is 1. The Kier molecular flexibility index (Phi) is 6.87. The first-order valence-corrected chi connectivity index (χ1v) is 9.55. The van der Waals surface area contributed by atoms with Gasteiger partial charge in [0.2, 0.25) is 5.91 Å². The van der Waals surface area contributed by atoms with Gasteiger partial charge in [0.25, 0.3) is 5.91 Å². The molecule has 7 nitrogen and oxygen atoms in total. The Balaban J connectivity index is 0.00000256. The Bertz CT molecular complexity index is 1050. The molecule has 0 radical (unpaired) electrons. The summed E-state index contributed by atoms with van der Waals surface area (Å²) in [4.78, 5) is 27.5.